The van der Waals surface area contributed by atoms with Crippen molar-refractivity contribution < 1.29 is 9.59 Å². The van der Waals surface area contributed by atoms with Gasteiger partial charge in [0.15, 0.2) is 5.82 Å². The third-order valence-electron chi connectivity index (χ3n) is 7.27. The second-order valence-corrected chi connectivity index (χ2v) is 11.2. The van der Waals surface area contributed by atoms with Gasteiger partial charge >= 0.3 is 6.03 Å². The molecule has 3 N–H and O–H groups in total. The van der Waals surface area contributed by atoms with Crippen molar-refractivity contribution in [2.45, 2.75) is 43.9 Å². The van der Waals surface area contributed by atoms with Crippen LogP contribution in [0, 0.1) is 0 Å². The minimum absolute atomic E-state index is 0.260. The molecule has 0 unspecified atom stereocenters. The molecule has 2 aromatic carbocycles. The molecule has 0 spiro atoms. The van der Waals surface area contributed by atoms with Gasteiger partial charge in [0, 0.05) is 39.7 Å². The van der Waals surface area contributed by atoms with Gasteiger partial charge in [-0.25, -0.2) is 4.79 Å². The van der Waals surface area contributed by atoms with Crippen molar-refractivity contribution in [1.29, 1.82) is 0 Å². The molecule has 2 aliphatic rings. The van der Waals surface area contributed by atoms with E-state index in [1.165, 1.54) is 15.7 Å². The monoisotopic (exact) mass is 586 g/mol. The predicted molar refractivity (Wildman–Crippen MR) is 161 cm³/mol. The van der Waals surface area contributed by atoms with E-state index >= 15 is 0 Å². The molecule has 0 atom stereocenters. The highest BCUT2D eigenvalue weighted by Crippen LogP contribution is 2.42. The third kappa shape index (κ3) is 5.99. The summed E-state index contributed by atoms with van der Waals surface area (Å²) in [7, 11) is 0. The van der Waals surface area contributed by atoms with Crippen LogP contribution >= 0.6 is 23.2 Å². The molecule has 208 valence electrons. The average molecular weight is 588 g/mol. The summed E-state index contributed by atoms with van der Waals surface area (Å²) >= 11 is 12.8. The van der Waals surface area contributed by atoms with Crippen molar-refractivity contribution in [1.82, 2.24) is 20.0 Å². The second kappa shape index (κ2) is 11.4. The van der Waals surface area contributed by atoms with Gasteiger partial charge in [0.1, 0.15) is 0 Å². The van der Waals surface area contributed by atoms with E-state index in [-0.39, 0.29) is 11.8 Å². The molecule has 2 amide bonds. The first-order valence-corrected chi connectivity index (χ1v) is 14.3. The summed E-state index contributed by atoms with van der Waals surface area (Å²) < 4.78 is 1.17. The van der Waals surface area contributed by atoms with Gasteiger partial charge in [-0.1, -0.05) is 65.7 Å². The minimum Gasteiger partial charge on any atom is -0.350 e. The van der Waals surface area contributed by atoms with E-state index < -0.39 is 6.03 Å². The Balaban J connectivity index is 1.49. The van der Waals surface area contributed by atoms with Gasteiger partial charge in [0.05, 0.1) is 17.1 Å². The first-order chi connectivity index (χ1) is 19.9. The lowest BCUT2D eigenvalue weighted by Gasteiger charge is -2.23. The molecule has 4 aromatic rings. The Kier molecular flexibility index (Phi) is 7.51. The molecular formula is C31H28Cl2N6O2. The number of hydrogen-bond donors (Lipinski definition) is 2. The number of aromatic nitrogens is 4. The fourth-order valence-corrected chi connectivity index (χ4v) is 5.17. The number of H-pyrrole nitrogens is 1. The van der Waals surface area contributed by atoms with Gasteiger partial charge in [-0.15, -0.1) is 0 Å². The van der Waals surface area contributed by atoms with E-state index in [4.69, 9.17) is 28.9 Å². The van der Waals surface area contributed by atoms with E-state index in [0.717, 1.165) is 42.6 Å². The van der Waals surface area contributed by atoms with Gasteiger partial charge in [0.2, 0.25) is 0 Å². The van der Waals surface area contributed by atoms with Crippen LogP contribution in [-0.2, 0) is 11.2 Å². The molecule has 6 rings (SSSR count). The number of nitrogens with two attached hydrogens (primary N) is 1. The fourth-order valence-electron chi connectivity index (χ4n) is 4.75. The van der Waals surface area contributed by atoms with E-state index in [1.54, 1.807) is 12.1 Å². The maximum Gasteiger partial charge on any atom is 0.340 e. The van der Waals surface area contributed by atoms with E-state index in [0.29, 0.717) is 45.2 Å². The molecule has 2 heterocycles. The third-order valence-corrected chi connectivity index (χ3v) is 7.98. The average Bonchev–Trinajstić information content (AvgIpc) is 3.90. The molecule has 10 heteroatoms. The lowest BCUT2D eigenvalue weighted by Crippen LogP contribution is -2.31. The molecule has 2 aromatic heterocycles. The van der Waals surface area contributed by atoms with E-state index in [2.05, 4.69) is 15.3 Å². The number of halogens is 2. The highest BCUT2D eigenvalue weighted by molar-refractivity contribution is 6.32. The van der Waals surface area contributed by atoms with Crippen LogP contribution in [0.3, 0.4) is 0 Å². The number of benzene rings is 2. The Labute approximate surface area is 247 Å². The SMILES string of the molecule is NC(=O)n1nc(C2CC2)cc1C(=CCc1ccccc1Cl)N(C(=O)C=Cc1ccccc1Cl)c1cc(C2CC2)[nH]n1. The number of nitrogens with one attached hydrogen (secondary N) is 1. The summed E-state index contributed by atoms with van der Waals surface area (Å²) in [5.41, 5.74) is 9.90. The Morgan fingerprint density at radius 2 is 1.71 bits per heavy atom. The number of primary amides is 1. The minimum atomic E-state index is -0.741. The molecule has 8 nitrogen and oxygen atoms in total. The van der Waals surface area contributed by atoms with Crippen molar-refractivity contribution in [2.75, 3.05) is 4.90 Å². The summed E-state index contributed by atoms with van der Waals surface area (Å²) in [5.74, 6) is 0.668. The number of carbonyl (C=O) groups is 2. The number of hydrogen-bond acceptors (Lipinski definition) is 4. The first kappa shape index (κ1) is 27.1. The molecule has 2 fully saturated rings. The van der Waals surface area contributed by atoms with Crippen molar-refractivity contribution in [2.24, 2.45) is 5.73 Å². The Morgan fingerprint density at radius 3 is 2.39 bits per heavy atom. The van der Waals surface area contributed by atoms with Crippen LogP contribution in [0.2, 0.25) is 10.0 Å². The molecule has 41 heavy (non-hydrogen) atoms. The van der Waals surface area contributed by atoms with Crippen LogP contribution in [0.1, 0.15) is 65.7 Å². The Bertz CT molecular complexity index is 1680. The highest BCUT2D eigenvalue weighted by Gasteiger charge is 2.33. The molecule has 0 radical (unpaired) electrons. The van der Waals surface area contributed by atoms with Crippen LogP contribution in [-0.4, -0.2) is 31.9 Å². The first-order valence-electron chi connectivity index (χ1n) is 13.5. The van der Waals surface area contributed by atoms with Gasteiger partial charge in [-0.2, -0.15) is 14.9 Å². The molecule has 0 aliphatic heterocycles. The topological polar surface area (TPSA) is 110 Å². The van der Waals surface area contributed by atoms with E-state index in [1.807, 2.05) is 60.7 Å². The summed E-state index contributed by atoms with van der Waals surface area (Å²) in [5, 5.41) is 13.3. The van der Waals surface area contributed by atoms with Crippen molar-refractivity contribution in [3.05, 3.63) is 111 Å². The number of aromatic amines is 1. The van der Waals surface area contributed by atoms with Gasteiger partial charge in [0.25, 0.3) is 5.91 Å². The van der Waals surface area contributed by atoms with Crippen LogP contribution in [0.4, 0.5) is 10.6 Å². The summed E-state index contributed by atoms with van der Waals surface area (Å²) in [6.07, 6.45) is 9.47. The quantitative estimate of drug-likeness (QED) is 0.207. The Morgan fingerprint density at radius 1 is 1.00 bits per heavy atom. The zero-order valence-electron chi connectivity index (χ0n) is 22.1. The van der Waals surface area contributed by atoms with Crippen LogP contribution in [0.5, 0.6) is 0 Å². The maximum atomic E-state index is 14.1. The van der Waals surface area contributed by atoms with Crippen LogP contribution in [0.25, 0.3) is 11.8 Å². The number of anilines is 1. The number of amides is 2. The zero-order chi connectivity index (χ0) is 28.5. The van der Waals surface area contributed by atoms with Gasteiger partial charge in [-0.3, -0.25) is 14.8 Å². The predicted octanol–water partition coefficient (Wildman–Crippen LogP) is 6.92. The number of nitrogens with zero attached hydrogens (tertiary/aromatic N) is 4. The molecular weight excluding hydrogens is 559 g/mol. The summed E-state index contributed by atoms with van der Waals surface area (Å²) in [6.45, 7) is 0. The van der Waals surface area contributed by atoms with Crippen LogP contribution < -0.4 is 10.6 Å². The molecule has 2 aliphatic carbocycles. The molecule has 2 saturated carbocycles. The second-order valence-electron chi connectivity index (χ2n) is 10.3. The van der Waals surface area contributed by atoms with E-state index in [9.17, 15) is 9.59 Å². The number of carbonyl (C=O) groups excluding carboxylic acids is 2. The van der Waals surface area contributed by atoms with Crippen molar-refractivity contribution in [3.63, 3.8) is 0 Å². The normalized spacial score (nSPS) is 15.4. The zero-order valence-corrected chi connectivity index (χ0v) is 23.6. The fraction of sp³-hybridized carbons (Fsp3) is 0.226. The van der Waals surface area contributed by atoms with Crippen molar-refractivity contribution >= 4 is 52.7 Å². The maximum absolute atomic E-state index is 14.1. The van der Waals surface area contributed by atoms with Crippen molar-refractivity contribution in [3.8, 4) is 0 Å². The Hall–Kier alpha value is -4.14. The lowest BCUT2D eigenvalue weighted by molar-refractivity contribution is -0.113. The smallest absolute Gasteiger partial charge is 0.340 e. The molecule has 0 saturated heterocycles. The van der Waals surface area contributed by atoms with Gasteiger partial charge < -0.3 is 5.73 Å². The lowest BCUT2D eigenvalue weighted by atomic mass is 10.1. The highest BCUT2D eigenvalue weighted by atomic mass is 35.5. The molecule has 0 bridgehead atoms. The number of rotatable bonds is 9. The number of allylic oxidation sites excluding steroid dienone is 1. The van der Waals surface area contributed by atoms with Crippen LogP contribution in [0.15, 0.2) is 72.8 Å². The largest absolute Gasteiger partial charge is 0.350 e. The van der Waals surface area contributed by atoms with Gasteiger partial charge in [-0.05, 0) is 67.5 Å². The summed E-state index contributed by atoms with van der Waals surface area (Å²) in [4.78, 5) is 28.2. The standard InChI is InChI=1S/C31H28Cl2N6O2/c32-23-7-3-1-5-19(23)13-15-27(28-17-26(22-11-12-22)37-39(28)31(34)41)38(29-18-25(35-36-29)21-9-10-21)30(40)16-14-20-6-2-4-8-24(20)33/h1-8,14-18,21-22H,9-13H2,(H2,34,41)(H,35,36). The summed E-state index contributed by atoms with van der Waals surface area (Å²) in [6, 6.07) is 17.7.